The first kappa shape index (κ1) is 15.9. The third kappa shape index (κ3) is 2.68. The monoisotopic (exact) mass is 300 g/mol. The molecule has 0 amide bonds. The summed E-state index contributed by atoms with van der Waals surface area (Å²) in [5.74, 6) is 1.34. The summed E-state index contributed by atoms with van der Waals surface area (Å²) in [6, 6.07) is 0. The fourth-order valence-electron chi connectivity index (χ4n) is 5.23. The number of hydrogen-bond acceptors (Lipinski definition) is 1. The van der Waals surface area contributed by atoms with Crippen LogP contribution in [0.25, 0.3) is 0 Å². The molecule has 0 N–H and O–H groups in total. The molecule has 1 nitrogen and oxygen atoms in total. The van der Waals surface area contributed by atoms with Crippen molar-refractivity contribution in [1.29, 1.82) is 0 Å². The Morgan fingerprint density at radius 3 is 2.64 bits per heavy atom. The van der Waals surface area contributed by atoms with Crippen molar-refractivity contribution in [3.05, 3.63) is 35.1 Å². The SMILES string of the molecule is C/C1=C\C[C@H]2CC[C@]3(C)OC=C(C/C(C)=C/CC1)C3C2(C)C. The van der Waals surface area contributed by atoms with Gasteiger partial charge in [-0.25, -0.2) is 0 Å². The van der Waals surface area contributed by atoms with Gasteiger partial charge < -0.3 is 4.74 Å². The molecule has 1 heterocycles. The largest absolute Gasteiger partial charge is 0.495 e. The van der Waals surface area contributed by atoms with Crippen LogP contribution in [0.4, 0.5) is 0 Å². The van der Waals surface area contributed by atoms with Crippen molar-refractivity contribution in [2.45, 2.75) is 78.7 Å². The van der Waals surface area contributed by atoms with Crippen LogP contribution in [0.15, 0.2) is 35.1 Å². The van der Waals surface area contributed by atoms with E-state index in [-0.39, 0.29) is 5.60 Å². The maximum atomic E-state index is 6.23. The van der Waals surface area contributed by atoms with Crippen molar-refractivity contribution >= 4 is 0 Å². The maximum Gasteiger partial charge on any atom is 0.112 e. The van der Waals surface area contributed by atoms with E-state index in [0.29, 0.717) is 11.3 Å². The lowest BCUT2D eigenvalue weighted by Crippen LogP contribution is -2.50. The molecular weight excluding hydrogens is 268 g/mol. The zero-order chi connectivity index (χ0) is 16.0. The Labute approximate surface area is 136 Å². The van der Waals surface area contributed by atoms with Crippen LogP contribution in [0.3, 0.4) is 0 Å². The van der Waals surface area contributed by atoms with E-state index >= 15 is 0 Å². The molecule has 2 bridgehead atoms. The molecule has 1 aliphatic heterocycles. The van der Waals surface area contributed by atoms with Gasteiger partial charge in [0.15, 0.2) is 0 Å². The molecule has 0 saturated heterocycles. The second-order valence-electron chi connectivity index (χ2n) is 8.67. The zero-order valence-corrected chi connectivity index (χ0v) is 15.0. The number of hydrogen-bond donors (Lipinski definition) is 0. The number of rotatable bonds is 0. The summed E-state index contributed by atoms with van der Waals surface area (Å²) in [4.78, 5) is 0. The smallest absolute Gasteiger partial charge is 0.112 e. The molecule has 0 aromatic rings. The van der Waals surface area contributed by atoms with E-state index in [4.69, 9.17) is 4.74 Å². The standard InChI is InChI=1S/C21H32O/c1-15-7-6-8-16(2)13-17-14-22-21(5)12-11-18(10-9-15)20(3,4)19(17)21/h8-9,14,18-19H,6-7,10-13H2,1-5H3/b15-9+,16-8+/t18-,19?,21-/m0/s1. The fraction of sp³-hybridized carbons (Fsp3) is 0.714. The predicted octanol–water partition coefficient (Wildman–Crippen LogP) is 6.18. The van der Waals surface area contributed by atoms with Crippen molar-refractivity contribution < 1.29 is 4.74 Å². The van der Waals surface area contributed by atoms with Gasteiger partial charge in [0.25, 0.3) is 0 Å². The highest BCUT2D eigenvalue weighted by molar-refractivity contribution is 5.27. The Hall–Kier alpha value is -0.980. The van der Waals surface area contributed by atoms with E-state index in [1.54, 1.807) is 5.57 Å². The van der Waals surface area contributed by atoms with Crippen LogP contribution in [0.2, 0.25) is 0 Å². The molecule has 3 aliphatic rings. The summed E-state index contributed by atoms with van der Waals surface area (Å²) in [6.45, 7) is 11.9. The Morgan fingerprint density at radius 2 is 1.86 bits per heavy atom. The molecular formula is C21H32O. The highest BCUT2D eigenvalue weighted by atomic mass is 16.5. The van der Waals surface area contributed by atoms with Crippen LogP contribution in [0.1, 0.15) is 73.1 Å². The molecule has 3 atom stereocenters. The molecule has 1 fully saturated rings. The van der Waals surface area contributed by atoms with Crippen molar-refractivity contribution in [3.63, 3.8) is 0 Å². The second-order valence-corrected chi connectivity index (χ2v) is 8.67. The summed E-state index contributed by atoms with van der Waals surface area (Å²) in [6.07, 6.45) is 14.3. The second kappa shape index (κ2) is 5.58. The molecule has 0 radical (unpaired) electrons. The van der Waals surface area contributed by atoms with Gasteiger partial charge in [0.2, 0.25) is 0 Å². The van der Waals surface area contributed by atoms with E-state index < -0.39 is 0 Å². The summed E-state index contributed by atoms with van der Waals surface area (Å²) in [7, 11) is 0. The summed E-state index contributed by atoms with van der Waals surface area (Å²) < 4.78 is 6.23. The van der Waals surface area contributed by atoms with E-state index in [9.17, 15) is 0 Å². The highest BCUT2D eigenvalue weighted by Gasteiger charge is 2.55. The molecule has 1 heteroatoms. The minimum atomic E-state index is 0.0263. The number of allylic oxidation sites excluding steroid dienone is 4. The molecule has 0 spiro atoms. The lowest BCUT2D eigenvalue weighted by atomic mass is 9.54. The van der Waals surface area contributed by atoms with Crippen LogP contribution in [0.5, 0.6) is 0 Å². The molecule has 22 heavy (non-hydrogen) atoms. The van der Waals surface area contributed by atoms with E-state index in [0.717, 1.165) is 12.3 Å². The normalized spacial score (nSPS) is 42.7. The molecule has 3 rings (SSSR count). The molecule has 1 saturated carbocycles. The van der Waals surface area contributed by atoms with Crippen LogP contribution in [0, 0.1) is 17.3 Å². The minimum Gasteiger partial charge on any atom is -0.495 e. The molecule has 0 aromatic heterocycles. The van der Waals surface area contributed by atoms with Crippen LogP contribution in [-0.2, 0) is 4.74 Å². The maximum absolute atomic E-state index is 6.23. The average Bonchev–Trinajstić information content (AvgIpc) is 2.75. The minimum absolute atomic E-state index is 0.0263. The van der Waals surface area contributed by atoms with Gasteiger partial charge >= 0.3 is 0 Å². The van der Waals surface area contributed by atoms with Gasteiger partial charge in [0, 0.05) is 5.92 Å². The third-order valence-electron chi connectivity index (χ3n) is 6.51. The van der Waals surface area contributed by atoms with Crippen LogP contribution < -0.4 is 0 Å². The summed E-state index contributed by atoms with van der Waals surface area (Å²) in [5.41, 5.74) is 4.94. The average molecular weight is 300 g/mol. The zero-order valence-electron chi connectivity index (χ0n) is 15.0. The Balaban J connectivity index is 1.99. The summed E-state index contributed by atoms with van der Waals surface area (Å²) >= 11 is 0. The van der Waals surface area contributed by atoms with Gasteiger partial charge in [0.05, 0.1) is 6.26 Å². The summed E-state index contributed by atoms with van der Waals surface area (Å²) in [5, 5.41) is 0. The number of fused-ring (bicyclic) bond motifs is 1. The first-order valence-corrected chi connectivity index (χ1v) is 9.01. The molecule has 0 aromatic carbocycles. The van der Waals surface area contributed by atoms with Crippen molar-refractivity contribution in [2.75, 3.05) is 0 Å². The van der Waals surface area contributed by atoms with Gasteiger partial charge in [-0.1, -0.05) is 37.1 Å². The van der Waals surface area contributed by atoms with Gasteiger partial charge in [0.1, 0.15) is 5.60 Å². The van der Waals surface area contributed by atoms with E-state index in [1.807, 2.05) is 0 Å². The first-order valence-electron chi connectivity index (χ1n) is 9.01. The first-order chi connectivity index (χ1) is 10.3. The lowest BCUT2D eigenvalue weighted by molar-refractivity contribution is -0.0824. The van der Waals surface area contributed by atoms with Gasteiger partial charge in [-0.15, -0.1) is 0 Å². The fourth-order valence-corrected chi connectivity index (χ4v) is 5.23. The molecule has 122 valence electrons. The Morgan fingerprint density at radius 1 is 1.09 bits per heavy atom. The lowest BCUT2D eigenvalue weighted by Gasteiger charge is -2.51. The quantitative estimate of drug-likeness (QED) is 0.485. The Kier molecular flexibility index (Phi) is 4.03. The topological polar surface area (TPSA) is 9.23 Å². The van der Waals surface area contributed by atoms with Gasteiger partial charge in [-0.3, -0.25) is 0 Å². The third-order valence-corrected chi connectivity index (χ3v) is 6.51. The Bertz CT molecular complexity index is 534. The van der Waals surface area contributed by atoms with Crippen molar-refractivity contribution in [2.24, 2.45) is 17.3 Å². The van der Waals surface area contributed by atoms with Crippen LogP contribution >= 0.6 is 0 Å². The highest BCUT2D eigenvalue weighted by Crippen LogP contribution is 2.58. The van der Waals surface area contributed by atoms with Gasteiger partial charge in [-0.2, -0.15) is 0 Å². The van der Waals surface area contributed by atoms with Gasteiger partial charge in [-0.05, 0) is 76.2 Å². The van der Waals surface area contributed by atoms with E-state index in [2.05, 4.69) is 53.0 Å². The number of ether oxygens (including phenoxy) is 1. The predicted molar refractivity (Wildman–Crippen MR) is 93.6 cm³/mol. The molecule has 1 unspecified atom stereocenters. The van der Waals surface area contributed by atoms with Crippen molar-refractivity contribution in [3.8, 4) is 0 Å². The molecule has 2 aliphatic carbocycles. The van der Waals surface area contributed by atoms with Crippen molar-refractivity contribution in [1.82, 2.24) is 0 Å². The van der Waals surface area contributed by atoms with Crippen LogP contribution in [-0.4, -0.2) is 5.60 Å². The van der Waals surface area contributed by atoms with E-state index in [1.165, 1.54) is 43.3 Å².